The number of benzene rings is 1. The summed E-state index contributed by atoms with van der Waals surface area (Å²) in [5.41, 5.74) is 0.961. The number of hydrogen-bond donors (Lipinski definition) is 2. The SMILES string of the molecule is CC(NC(=O)[C@@H]1CCCCN1)c1ccccc1Cl. The molecule has 0 aliphatic carbocycles. The van der Waals surface area contributed by atoms with E-state index in [9.17, 15) is 4.79 Å². The molecular weight excluding hydrogens is 248 g/mol. The van der Waals surface area contributed by atoms with Gasteiger partial charge in [0.2, 0.25) is 5.91 Å². The number of piperidine rings is 1. The zero-order valence-electron chi connectivity index (χ0n) is 10.6. The lowest BCUT2D eigenvalue weighted by Gasteiger charge is -2.25. The van der Waals surface area contributed by atoms with Crippen molar-refractivity contribution in [2.45, 2.75) is 38.3 Å². The molecule has 1 aliphatic rings. The van der Waals surface area contributed by atoms with Crippen LogP contribution in [0.3, 0.4) is 0 Å². The molecule has 0 aromatic heterocycles. The summed E-state index contributed by atoms with van der Waals surface area (Å²) in [6.07, 6.45) is 3.19. The van der Waals surface area contributed by atoms with Crippen LogP contribution in [0.15, 0.2) is 24.3 Å². The van der Waals surface area contributed by atoms with Gasteiger partial charge in [-0.25, -0.2) is 0 Å². The predicted molar refractivity (Wildman–Crippen MR) is 73.7 cm³/mol. The Morgan fingerprint density at radius 3 is 2.89 bits per heavy atom. The van der Waals surface area contributed by atoms with Gasteiger partial charge in [-0.3, -0.25) is 4.79 Å². The van der Waals surface area contributed by atoms with E-state index < -0.39 is 0 Å². The third-order valence-corrected chi connectivity index (χ3v) is 3.70. The van der Waals surface area contributed by atoms with Crippen LogP contribution in [0.2, 0.25) is 5.02 Å². The van der Waals surface area contributed by atoms with Gasteiger partial charge >= 0.3 is 0 Å². The summed E-state index contributed by atoms with van der Waals surface area (Å²) >= 11 is 6.12. The van der Waals surface area contributed by atoms with E-state index >= 15 is 0 Å². The minimum atomic E-state index is -0.0603. The van der Waals surface area contributed by atoms with Crippen LogP contribution in [0, 0.1) is 0 Å². The summed E-state index contributed by atoms with van der Waals surface area (Å²) in [4.78, 5) is 12.1. The molecule has 1 aromatic carbocycles. The first-order chi connectivity index (χ1) is 8.68. The molecule has 1 aliphatic heterocycles. The number of carbonyl (C=O) groups excluding carboxylic acids is 1. The lowest BCUT2D eigenvalue weighted by molar-refractivity contribution is -0.124. The summed E-state index contributed by atoms with van der Waals surface area (Å²) in [5, 5.41) is 6.96. The van der Waals surface area contributed by atoms with Crippen LogP contribution < -0.4 is 10.6 Å². The van der Waals surface area contributed by atoms with Gasteiger partial charge < -0.3 is 10.6 Å². The van der Waals surface area contributed by atoms with Crippen LogP contribution in [0.5, 0.6) is 0 Å². The molecular formula is C14H19ClN2O. The minimum absolute atomic E-state index is 0.0521. The fourth-order valence-electron chi connectivity index (χ4n) is 2.29. The Bertz CT molecular complexity index is 416. The number of carbonyl (C=O) groups is 1. The molecule has 1 saturated heterocycles. The number of hydrogen-bond acceptors (Lipinski definition) is 2. The largest absolute Gasteiger partial charge is 0.348 e. The summed E-state index contributed by atoms with van der Waals surface area (Å²) in [6, 6.07) is 7.50. The Hall–Kier alpha value is -1.06. The second-order valence-electron chi connectivity index (χ2n) is 4.75. The van der Waals surface area contributed by atoms with Gasteiger partial charge in [0.05, 0.1) is 12.1 Å². The van der Waals surface area contributed by atoms with E-state index in [2.05, 4.69) is 10.6 Å². The van der Waals surface area contributed by atoms with Crippen molar-refractivity contribution in [2.24, 2.45) is 0 Å². The van der Waals surface area contributed by atoms with Gasteiger partial charge in [0.1, 0.15) is 0 Å². The first-order valence-corrected chi connectivity index (χ1v) is 6.84. The Balaban J connectivity index is 1.96. The van der Waals surface area contributed by atoms with E-state index in [1.807, 2.05) is 31.2 Å². The predicted octanol–water partition coefficient (Wildman–Crippen LogP) is 2.66. The van der Waals surface area contributed by atoms with Crippen LogP contribution in [0.25, 0.3) is 0 Å². The highest BCUT2D eigenvalue weighted by molar-refractivity contribution is 6.31. The van der Waals surface area contributed by atoms with Crippen molar-refractivity contribution in [3.63, 3.8) is 0 Å². The Morgan fingerprint density at radius 2 is 2.22 bits per heavy atom. The zero-order chi connectivity index (χ0) is 13.0. The molecule has 1 aromatic rings. The van der Waals surface area contributed by atoms with Crippen LogP contribution in [-0.2, 0) is 4.79 Å². The molecule has 98 valence electrons. The van der Waals surface area contributed by atoms with E-state index in [0.29, 0.717) is 5.02 Å². The van der Waals surface area contributed by atoms with Crippen LogP contribution in [0.1, 0.15) is 37.8 Å². The highest BCUT2D eigenvalue weighted by Crippen LogP contribution is 2.22. The van der Waals surface area contributed by atoms with E-state index in [-0.39, 0.29) is 18.0 Å². The molecule has 0 saturated carbocycles. The third-order valence-electron chi connectivity index (χ3n) is 3.36. The van der Waals surface area contributed by atoms with Gasteiger partial charge in [0.15, 0.2) is 0 Å². The molecule has 2 rings (SSSR count). The summed E-state index contributed by atoms with van der Waals surface area (Å²) in [5.74, 6) is 0.0714. The van der Waals surface area contributed by atoms with Crippen molar-refractivity contribution in [2.75, 3.05) is 6.54 Å². The second kappa shape index (κ2) is 6.21. The molecule has 0 radical (unpaired) electrons. The third kappa shape index (κ3) is 3.24. The molecule has 18 heavy (non-hydrogen) atoms. The average Bonchev–Trinajstić information content (AvgIpc) is 2.40. The summed E-state index contributed by atoms with van der Waals surface area (Å²) in [7, 11) is 0. The highest BCUT2D eigenvalue weighted by Gasteiger charge is 2.22. The molecule has 1 fully saturated rings. The molecule has 1 amide bonds. The standard InChI is InChI=1S/C14H19ClN2O/c1-10(11-6-2-3-7-12(11)15)17-14(18)13-8-4-5-9-16-13/h2-3,6-7,10,13,16H,4-5,8-9H2,1H3,(H,17,18)/t10?,13-/m0/s1. The van der Waals surface area contributed by atoms with Crippen LogP contribution >= 0.6 is 11.6 Å². The molecule has 0 bridgehead atoms. The number of nitrogens with one attached hydrogen (secondary N) is 2. The quantitative estimate of drug-likeness (QED) is 0.883. The molecule has 4 heteroatoms. The van der Waals surface area contributed by atoms with Crippen molar-refractivity contribution >= 4 is 17.5 Å². The maximum absolute atomic E-state index is 12.1. The van der Waals surface area contributed by atoms with Gasteiger partial charge in [-0.15, -0.1) is 0 Å². The van der Waals surface area contributed by atoms with Crippen molar-refractivity contribution in [1.29, 1.82) is 0 Å². The smallest absolute Gasteiger partial charge is 0.237 e. The fourth-order valence-corrected chi connectivity index (χ4v) is 2.59. The minimum Gasteiger partial charge on any atom is -0.348 e. The van der Waals surface area contributed by atoms with E-state index in [1.165, 1.54) is 0 Å². The van der Waals surface area contributed by atoms with Crippen molar-refractivity contribution < 1.29 is 4.79 Å². The van der Waals surface area contributed by atoms with Crippen molar-refractivity contribution in [1.82, 2.24) is 10.6 Å². The Kier molecular flexibility index (Phi) is 4.61. The maximum atomic E-state index is 12.1. The lowest BCUT2D eigenvalue weighted by Crippen LogP contribution is -2.47. The molecule has 1 heterocycles. The normalized spacial score (nSPS) is 21.3. The summed E-state index contributed by atoms with van der Waals surface area (Å²) in [6.45, 7) is 2.89. The van der Waals surface area contributed by atoms with Gasteiger partial charge in [-0.1, -0.05) is 36.2 Å². The van der Waals surface area contributed by atoms with E-state index in [4.69, 9.17) is 11.6 Å². The first kappa shape index (κ1) is 13.4. The number of halogens is 1. The molecule has 3 nitrogen and oxygen atoms in total. The second-order valence-corrected chi connectivity index (χ2v) is 5.16. The zero-order valence-corrected chi connectivity index (χ0v) is 11.3. The first-order valence-electron chi connectivity index (χ1n) is 6.46. The average molecular weight is 267 g/mol. The Labute approximate surface area is 113 Å². The molecule has 2 N–H and O–H groups in total. The van der Waals surface area contributed by atoms with Gasteiger partial charge in [-0.2, -0.15) is 0 Å². The van der Waals surface area contributed by atoms with Gasteiger partial charge in [0, 0.05) is 5.02 Å². The Morgan fingerprint density at radius 1 is 1.44 bits per heavy atom. The lowest BCUT2D eigenvalue weighted by atomic mass is 10.0. The summed E-state index contributed by atoms with van der Waals surface area (Å²) < 4.78 is 0. The molecule has 1 unspecified atom stereocenters. The highest BCUT2D eigenvalue weighted by atomic mass is 35.5. The van der Waals surface area contributed by atoms with Gasteiger partial charge in [-0.05, 0) is 37.9 Å². The van der Waals surface area contributed by atoms with Gasteiger partial charge in [0.25, 0.3) is 0 Å². The topological polar surface area (TPSA) is 41.1 Å². The van der Waals surface area contributed by atoms with E-state index in [1.54, 1.807) is 0 Å². The number of amides is 1. The van der Waals surface area contributed by atoms with Crippen molar-refractivity contribution in [3.8, 4) is 0 Å². The molecule has 0 spiro atoms. The maximum Gasteiger partial charge on any atom is 0.237 e. The fraction of sp³-hybridized carbons (Fsp3) is 0.500. The van der Waals surface area contributed by atoms with E-state index in [0.717, 1.165) is 31.4 Å². The monoisotopic (exact) mass is 266 g/mol. The van der Waals surface area contributed by atoms with Crippen LogP contribution in [0.4, 0.5) is 0 Å². The van der Waals surface area contributed by atoms with Crippen LogP contribution in [-0.4, -0.2) is 18.5 Å². The molecule has 2 atom stereocenters. The van der Waals surface area contributed by atoms with Crippen molar-refractivity contribution in [3.05, 3.63) is 34.9 Å². The number of rotatable bonds is 3.